The number of alkyl halides is 3. The maximum atomic E-state index is 14.2. The number of hydrogen-bond acceptors (Lipinski definition) is 4. The predicted molar refractivity (Wildman–Crippen MR) is 139 cm³/mol. The van der Waals surface area contributed by atoms with E-state index in [2.05, 4.69) is 10.4 Å². The molecule has 4 aromatic rings. The number of hydrogen-bond donors (Lipinski definition) is 2. The number of aromatic nitrogens is 2. The van der Waals surface area contributed by atoms with Crippen molar-refractivity contribution in [1.29, 1.82) is 0 Å². The second-order valence-electron chi connectivity index (χ2n) is 9.77. The summed E-state index contributed by atoms with van der Waals surface area (Å²) in [7, 11) is 1.71. The molecule has 6 nitrogen and oxygen atoms in total. The van der Waals surface area contributed by atoms with E-state index in [4.69, 9.17) is 17.3 Å². The standard InChI is InChI=1S/C28H22ClF5N4O2/c1-12(39)22-23(24(35)18-10-16(30)5-6-20(18)29)21(11-19-25(22)37-38(2)26(19)13-3-4-13)36-27(40)14-7-15(28(32,33)34)9-17(31)8-14/h5-11,13,24H,3-4,35H2,1-2H3,(H,36,40). The van der Waals surface area contributed by atoms with Gasteiger partial charge in [0, 0.05) is 45.9 Å². The number of nitrogens with zero attached hydrogens (tertiary/aromatic N) is 2. The van der Waals surface area contributed by atoms with Gasteiger partial charge in [-0.2, -0.15) is 18.3 Å². The van der Waals surface area contributed by atoms with Crippen molar-refractivity contribution in [3.8, 4) is 0 Å². The Balaban J connectivity index is 1.74. The Morgan fingerprint density at radius 1 is 1.10 bits per heavy atom. The van der Waals surface area contributed by atoms with Crippen LogP contribution in [-0.2, 0) is 13.2 Å². The normalized spacial score (nSPS) is 14.4. The molecule has 0 bridgehead atoms. The van der Waals surface area contributed by atoms with Crippen LogP contribution < -0.4 is 11.1 Å². The zero-order chi connectivity index (χ0) is 29.1. The summed E-state index contributed by atoms with van der Waals surface area (Å²) in [5.74, 6) is -3.29. The second kappa shape index (κ2) is 9.97. The molecule has 1 unspecified atom stereocenters. The van der Waals surface area contributed by atoms with Crippen molar-refractivity contribution in [2.45, 2.75) is 37.9 Å². The molecule has 3 aromatic carbocycles. The largest absolute Gasteiger partial charge is 0.416 e. The molecule has 5 rings (SSSR count). The van der Waals surface area contributed by atoms with Gasteiger partial charge in [0.25, 0.3) is 5.91 Å². The van der Waals surface area contributed by atoms with Crippen LogP contribution in [0.4, 0.5) is 27.6 Å². The summed E-state index contributed by atoms with van der Waals surface area (Å²) in [4.78, 5) is 26.3. The maximum absolute atomic E-state index is 14.2. The number of nitrogens with two attached hydrogens (primary N) is 1. The van der Waals surface area contributed by atoms with E-state index in [0.29, 0.717) is 23.0 Å². The van der Waals surface area contributed by atoms with Gasteiger partial charge >= 0.3 is 6.18 Å². The molecule has 208 valence electrons. The highest BCUT2D eigenvalue weighted by atomic mass is 35.5. The summed E-state index contributed by atoms with van der Waals surface area (Å²) >= 11 is 6.31. The van der Waals surface area contributed by atoms with Gasteiger partial charge in [-0.3, -0.25) is 14.3 Å². The highest BCUT2D eigenvalue weighted by molar-refractivity contribution is 6.31. The van der Waals surface area contributed by atoms with Gasteiger partial charge in [0.15, 0.2) is 5.78 Å². The molecule has 0 saturated heterocycles. The third-order valence-corrected chi connectivity index (χ3v) is 7.21. The number of fused-ring (bicyclic) bond motifs is 1. The van der Waals surface area contributed by atoms with E-state index < -0.39 is 46.7 Å². The van der Waals surface area contributed by atoms with Crippen LogP contribution in [0, 0.1) is 11.6 Å². The zero-order valence-electron chi connectivity index (χ0n) is 21.2. The lowest BCUT2D eigenvalue weighted by atomic mass is 9.89. The molecule has 1 aliphatic carbocycles. The SMILES string of the molecule is CC(=O)c1c(C(N)c2cc(F)ccc2Cl)c(NC(=O)c2cc(F)cc(C(F)(F)F)c2)cc2c(C3CC3)n(C)nc12. The Hall–Kier alpha value is -3.83. The number of carbonyl (C=O) groups is 2. The first-order chi connectivity index (χ1) is 18.8. The van der Waals surface area contributed by atoms with Gasteiger partial charge in [-0.1, -0.05) is 11.6 Å². The average Bonchev–Trinajstić information content (AvgIpc) is 3.65. The Kier molecular flexibility index (Phi) is 6.91. The molecule has 40 heavy (non-hydrogen) atoms. The summed E-state index contributed by atoms with van der Waals surface area (Å²) in [5, 5.41) is 7.70. The van der Waals surface area contributed by atoms with Gasteiger partial charge in [-0.05, 0) is 67.8 Å². The van der Waals surface area contributed by atoms with Crippen LogP contribution in [0.1, 0.15) is 74.8 Å². The summed E-state index contributed by atoms with van der Waals surface area (Å²) in [5.41, 5.74) is 5.87. The van der Waals surface area contributed by atoms with E-state index in [-0.39, 0.29) is 39.4 Å². The Labute approximate surface area is 229 Å². The third-order valence-electron chi connectivity index (χ3n) is 6.87. The molecule has 0 spiro atoms. The van der Waals surface area contributed by atoms with Gasteiger partial charge in [0.1, 0.15) is 17.2 Å². The molecule has 1 saturated carbocycles. The van der Waals surface area contributed by atoms with E-state index in [1.807, 2.05) is 0 Å². The third kappa shape index (κ3) is 5.06. The summed E-state index contributed by atoms with van der Waals surface area (Å²) in [6, 6.07) is 5.24. The minimum Gasteiger partial charge on any atom is -0.322 e. The van der Waals surface area contributed by atoms with Crippen molar-refractivity contribution in [3.05, 3.63) is 92.6 Å². The van der Waals surface area contributed by atoms with Crippen LogP contribution in [0.25, 0.3) is 10.9 Å². The van der Waals surface area contributed by atoms with E-state index >= 15 is 0 Å². The topological polar surface area (TPSA) is 90.0 Å². The van der Waals surface area contributed by atoms with Crippen molar-refractivity contribution < 1.29 is 31.5 Å². The van der Waals surface area contributed by atoms with Gasteiger partial charge in [0.2, 0.25) is 0 Å². The molecule has 12 heteroatoms. The first kappa shape index (κ1) is 27.7. The van der Waals surface area contributed by atoms with Crippen LogP contribution >= 0.6 is 11.6 Å². The van der Waals surface area contributed by atoms with Crippen LogP contribution in [0.5, 0.6) is 0 Å². The number of benzene rings is 3. The van der Waals surface area contributed by atoms with Crippen LogP contribution in [-0.4, -0.2) is 21.5 Å². The molecular formula is C28H22ClF5N4O2. The molecule has 0 radical (unpaired) electrons. The van der Waals surface area contributed by atoms with Gasteiger partial charge in [0.05, 0.1) is 17.2 Å². The van der Waals surface area contributed by atoms with Crippen molar-refractivity contribution >= 4 is 39.9 Å². The van der Waals surface area contributed by atoms with Crippen LogP contribution in [0.3, 0.4) is 0 Å². The fourth-order valence-corrected chi connectivity index (χ4v) is 5.21. The van der Waals surface area contributed by atoms with Gasteiger partial charge in [-0.15, -0.1) is 0 Å². The van der Waals surface area contributed by atoms with Gasteiger partial charge < -0.3 is 11.1 Å². The van der Waals surface area contributed by atoms with Crippen LogP contribution in [0.2, 0.25) is 5.02 Å². The maximum Gasteiger partial charge on any atom is 0.416 e. The Morgan fingerprint density at radius 2 is 1.80 bits per heavy atom. The Bertz CT molecular complexity index is 1690. The van der Waals surface area contributed by atoms with E-state index in [0.717, 1.165) is 30.7 Å². The molecule has 1 fully saturated rings. The minimum absolute atomic E-state index is 0.0248. The summed E-state index contributed by atoms with van der Waals surface area (Å²) in [6.07, 6.45) is -3.13. The first-order valence-corrected chi connectivity index (χ1v) is 12.6. The Morgan fingerprint density at radius 3 is 2.42 bits per heavy atom. The van der Waals surface area contributed by atoms with Gasteiger partial charge in [-0.25, -0.2) is 8.78 Å². The number of aryl methyl sites for hydroxylation is 1. The molecule has 1 aliphatic rings. The van der Waals surface area contributed by atoms with E-state index in [9.17, 15) is 31.5 Å². The molecule has 3 N–H and O–H groups in total. The lowest BCUT2D eigenvalue weighted by Gasteiger charge is -2.22. The average molecular weight is 577 g/mol. The number of Topliss-reactive ketones (excluding diaryl/α,β-unsaturated/α-hetero) is 1. The summed E-state index contributed by atoms with van der Waals surface area (Å²) in [6.45, 7) is 1.28. The lowest BCUT2D eigenvalue weighted by Crippen LogP contribution is -2.22. The summed E-state index contributed by atoms with van der Waals surface area (Å²) < 4.78 is 69.8. The minimum atomic E-state index is -4.89. The molecule has 1 heterocycles. The number of ketones is 1. The second-order valence-corrected chi connectivity index (χ2v) is 10.2. The molecule has 1 amide bonds. The number of anilines is 1. The predicted octanol–water partition coefficient (Wildman–Crippen LogP) is 6.90. The molecule has 1 aromatic heterocycles. The van der Waals surface area contributed by atoms with Crippen molar-refractivity contribution in [3.63, 3.8) is 0 Å². The number of carbonyl (C=O) groups excluding carboxylic acids is 2. The fourth-order valence-electron chi connectivity index (χ4n) is 4.98. The molecule has 1 atom stereocenters. The van der Waals surface area contributed by atoms with Crippen molar-refractivity contribution in [2.24, 2.45) is 12.8 Å². The number of rotatable bonds is 6. The number of halogens is 6. The fraction of sp³-hybridized carbons (Fsp3) is 0.250. The van der Waals surface area contributed by atoms with Crippen LogP contribution in [0.15, 0.2) is 42.5 Å². The zero-order valence-corrected chi connectivity index (χ0v) is 21.9. The number of amides is 1. The van der Waals surface area contributed by atoms with E-state index in [1.165, 1.54) is 19.1 Å². The number of nitrogens with one attached hydrogen (secondary N) is 1. The van der Waals surface area contributed by atoms with Crippen molar-refractivity contribution in [1.82, 2.24) is 9.78 Å². The molecular weight excluding hydrogens is 555 g/mol. The quantitative estimate of drug-likeness (QED) is 0.193. The highest BCUT2D eigenvalue weighted by Crippen LogP contribution is 2.46. The smallest absolute Gasteiger partial charge is 0.322 e. The highest BCUT2D eigenvalue weighted by Gasteiger charge is 2.34. The molecule has 0 aliphatic heterocycles. The van der Waals surface area contributed by atoms with E-state index in [1.54, 1.807) is 11.7 Å². The first-order valence-electron chi connectivity index (χ1n) is 12.2. The monoisotopic (exact) mass is 576 g/mol. The van der Waals surface area contributed by atoms with Crippen molar-refractivity contribution in [2.75, 3.05) is 5.32 Å². The lowest BCUT2D eigenvalue weighted by molar-refractivity contribution is -0.137.